The highest BCUT2D eigenvalue weighted by atomic mass is 32.1. The van der Waals surface area contributed by atoms with Crippen LogP contribution in [-0.2, 0) is 0 Å². The van der Waals surface area contributed by atoms with Crippen LogP contribution in [0.15, 0.2) is 48.5 Å². The number of H-pyrrole nitrogens is 1. The van der Waals surface area contributed by atoms with Crippen LogP contribution in [0.4, 0.5) is 0 Å². The second kappa shape index (κ2) is 5.29. The summed E-state index contributed by atoms with van der Waals surface area (Å²) < 4.78 is 1.83. The summed E-state index contributed by atoms with van der Waals surface area (Å²) >= 11 is 5.01. The summed E-state index contributed by atoms with van der Waals surface area (Å²) in [7, 11) is 0. The Bertz CT molecular complexity index is 852. The molecule has 3 rings (SSSR count). The van der Waals surface area contributed by atoms with Crippen molar-refractivity contribution in [1.82, 2.24) is 20.2 Å². The zero-order valence-corrected chi connectivity index (χ0v) is 11.5. The van der Waals surface area contributed by atoms with E-state index in [1.165, 1.54) is 16.8 Å². The molecule has 0 aliphatic carbocycles. The molecule has 3 aromatic rings. The van der Waals surface area contributed by atoms with E-state index in [9.17, 15) is 9.90 Å². The van der Waals surface area contributed by atoms with Gasteiger partial charge < -0.3 is 5.11 Å². The van der Waals surface area contributed by atoms with Gasteiger partial charge in [-0.1, -0.05) is 22.4 Å². The molecule has 0 fully saturated rings. The fourth-order valence-corrected chi connectivity index (χ4v) is 2.13. The predicted octanol–water partition coefficient (Wildman–Crippen LogP) is 2.26. The summed E-state index contributed by atoms with van der Waals surface area (Å²) in [5.74, 6) is -0.101. The van der Waals surface area contributed by atoms with Crippen molar-refractivity contribution in [3.63, 3.8) is 0 Å². The Morgan fingerprint density at radius 3 is 2.52 bits per heavy atom. The van der Waals surface area contributed by atoms with Gasteiger partial charge in [-0.25, -0.2) is 4.68 Å². The lowest BCUT2D eigenvalue weighted by Gasteiger charge is -2.04. The zero-order valence-electron chi connectivity index (χ0n) is 10.7. The molecule has 104 valence electrons. The number of aromatic nitrogens is 4. The maximum atomic E-state index is 12.3. The summed E-state index contributed by atoms with van der Waals surface area (Å²) in [6.45, 7) is 0. The molecule has 7 heteroatoms. The van der Waals surface area contributed by atoms with Gasteiger partial charge in [-0.15, -0.1) is 0 Å². The van der Waals surface area contributed by atoms with Crippen molar-refractivity contribution in [3.8, 4) is 11.4 Å². The number of carbonyl (C=O) groups is 1. The lowest BCUT2D eigenvalue weighted by Crippen LogP contribution is -2.02. The molecule has 2 N–H and O–H groups in total. The Balaban J connectivity index is 1.93. The molecule has 0 aliphatic heterocycles. The zero-order chi connectivity index (χ0) is 14.8. The number of phenolic OH excluding ortho intramolecular Hbond substituents is 1. The molecule has 2 aromatic carbocycles. The summed E-state index contributed by atoms with van der Waals surface area (Å²) in [5.41, 5.74) is 1.68. The third kappa shape index (κ3) is 2.59. The molecule has 1 aromatic heterocycles. The van der Waals surface area contributed by atoms with Crippen LogP contribution >= 0.6 is 12.2 Å². The summed E-state index contributed by atoms with van der Waals surface area (Å²) in [4.78, 5) is 12.3. The van der Waals surface area contributed by atoms with Crippen LogP contribution in [-0.4, -0.2) is 31.1 Å². The quantitative estimate of drug-likeness (QED) is 0.572. The molecular formula is C14H10N4O2S. The molecule has 0 unspecified atom stereocenters. The fraction of sp³-hybridized carbons (Fsp3) is 0. The number of phenols is 1. The molecule has 6 nitrogen and oxygen atoms in total. The van der Waals surface area contributed by atoms with Crippen molar-refractivity contribution in [3.05, 3.63) is 64.4 Å². The molecule has 0 radical (unpaired) electrons. The number of carbonyl (C=O) groups excluding carboxylic acids is 1. The van der Waals surface area contributed by atoms with E-state index in [0.717, 1.165) is 5.69 Å². The largest absolute Gasteiger partial charge is 0.508 e. The Morgan fingerprint density at radius 1 is 1.14 bits per heavy atom. The highest BCUT2D eigenvalue weighted by Crippen LogP contribution is 2.16. The Hall–Kier alpha value is -2.80. The number of benzene rings is 2. The fourth-order valence-electron chi connectivity index (χ4n) is 1.94. The number of tetrazole rings is 1. The number of rotatable bonds is 3. The van der Waals surface area contributed by atoms with Gasteiger partial charge in [0.1, 0.15) is 5.75 Å². The molecule has 0 saturated heterocycles. The average molecular weight is 298 g/mol. The lowest BCUT2D eigenvalue weighted by atomic mass is 10.0. The van der Waals surface area contributed by atoms with E-state index >= 15 is 0 Å². The second-order valence-electron chi connectivity index (χ2n) is 4.34. The maximum Gasteiger partial charge on any atom is 0.242 e. The van der Waals surface area contributed by atoms with Crippen LogP contribution in [0.1, 0.15) is 15.9 Å². The summed E-state index contributed by atoms with van der Waals surface area (Å²) in [6, 6.07) is 13.1. The van der Waals surface area contributed by atoms with Gasteiger partial charge in [-0.05, 0) is 48.6 Å². The van der Waals surface area contributed by atoms with E-state index in [0.29, 0.717) is 15.9 Å². The van der Waals surface area contributed by atoms with Crippen LogP contribution in [0.5, 0.6) is 5.75 Å². The molecule has 0 bridgehead atoms. The van der Waals surface area contributed by atoms with Crippen LogP contribution in [0.25, 0.3) is 5.69 Å². The van der Waals surface area contributed by atoms with Crippen molar-refractivity contribution < 1.29 is 9.90 Å². The Kier molecular flexibility index (Phi) is 3.33. The monoisotopic (exact) mass is 298 g/mol. The Morgan fingerprint density at radius 2 is 1.90 bits per heavy atom. The van der Waals surface area contributed by atoms with E-state index in [2.05, 4.69) is 15.5 Å². The van der Waals surface area contributed by atoms with Crippen molar-refractivity contribution >= 4 is 18.0 Å². The third-order valence-electron chi connectivity index (χ3n) is 2.97. The predicted molar refractivity (Wildman–Crippen MR) is 78.1 cm³/mol. The first kappa shape index (κ1) is 13.2. The number of hydrogen-bond donors (Lipinski definition) is 2. The SMILES string of the molecule is O=C(c1ccc(-n2[nH]nnc2=S)cc1)c1cccc(O)c1. The van der Waals surface area contributed by atoms with Gasteiger partial charge in [0.25, 0.3) is 0 Å². The van der Waals surface area contributed by atoms with Gasteiger partial charge in [0, 0.05) is 11.1 Å². The molecule has 0 amide bonds. The van der Waals surface area contributed by atoms with Gasteiger partial charge in [-0.3, -0.25) is 4.79 Å². The van der Waals surface area contributed by atoms with Gasteiger partial charge in [0.2, 0.25) is 4.77 Å². The molecule has 0 saturated carbocycles. The first-order valence-corrected chi connectivity index (χ1v) is 6.50. The minimum Gasteiger partial charge on any atom is -0.508 e. The third-order valence-corrected chi connectivity index (χ3v) is 3.23. The van der Waals surface area contributed by atoms with E-state index in [4.69, 9.17) is 12.2 Å². The minimum atomic E-state index is -0.163. The number of nitrogens with one attached hydrogen (secondary N) is 1. The van der Waals surface area contributed by atoms with Gasteiger partial charge in [0.05, 0.1) is 5.69 Å². The van der Waals surface area contributed by atoms with E-state index in [1.807, 2.05) is 0 Å². The number of aromatic amines is 1. The highest BCUT2D eigenvalue weighted by molar-refractivity contribution is 7.71. The van der Waals surface area contributed by atoms with E-state index in [1.54, 1.807) is 36.4 Å². The van der Waals surface area contributed by atoms with Gasteiger partial charge in [0.15, 0.2) is 5.78 Å². The van der Waals surface area contributed by atoms with Crippen molar-refractivity contribution in [2.75, 3.05) is 0 Å². The van der Waals surface area contributed by atoms with E-state index < -0.39 is 0 Å². The Labute approximate surface area is 124 Å². The molecular weight excluding hydrogens is 288 g/mol. The molecule has 0 aliphatic rings. The van der Waals surface area contributed by atoms with Gasteiger partial charge >= 0.3 is 0 Å². The molecule has 21 heavy (non-hydrogen) atoms. The van der Waals surface area contributed by atoms with Crippen LogP contribution in [0.3, 0.4) is 0 Å². The van der Waals surface area contributed by atoms with Crippen molar-refractivity contribution in [1.29, 1.82) is 0 Å². The molecule has 0 spiro atoms. The van der Waals surface area contributed by atoms with Crippen molar-refractivity contribution in [2.24, 2.45) is 0 Å². The van der Waals surface area contributed by atoms with Crippen LogP contribution in [0.2, 0.25) is 0 Å². The maximum absolute atomic E-state index is 12.3. The van der Waals surface area contributed by atoms with Gasteiger partial charge in [-0.2, -0.15) is 5.21 Å². The molecule has 1 heterocycles. The van der Waals surface area contributed by atoms with Crippen molar-refractivity contribution in [2.45, 2.75) is 0 Å². The van der Waals surface area contributed by atoms with Crippen LogP contribution in [0, 0.1) is 4.77 Å². The summed E-state index contributed by atoms with van der Waals surface area (Å²) in [6.07, 6.45) is 0. The number of nitrogens with zero attached hydrogens (tertiary/aromatic N) is 3. The topological polar surface area (TPSA) is 83.8 Å². The highest BCUT2D eigenvalue weighted by Gasteiger charge is 2.10. The molecule has 0 atom stereocenters. The lowest BCUT2D eigenvalue weighted by molar-refractivity contribution is 0.103. The minimum absolute atomic E-state index is 0.0623. The standard InChI is InChI=1S/C14H10N4O2S/c19-12-3-1-2-10(8-12)13(20)9-4-6-11(7-5-9)18-14(21)15-16-17-18/h1-8,19H,(H,15,17,21). The van der Waals surface area contributed by atoms with E-state index in [-0.39, 0.29) is 11.5 Å². The average Bonchev–Trinajstić information content (AvgIpc) is 2.93. The number of ketones is 1. The first-order valence-electron chi connectivity index (χ1n) is 6.09. The number of hydrogen-bond acceptors (Lipinski definition) is 5. The normalized spacial score (nSPS) is 10.5. The first-order chi connectivity index (χ1) is 10.1. The smallest absolute Gasteiger partial charge is 0.242 e. The second-order valence-corrected chi connectivity index (χ2v) is 4.71. The summed E-state index contributed by atoms with van der Waals surface area (Å²) in [5, 5.41) is 19.4. The number of aromatic hydroxyl groups is 1. The van der Waals surface area contributed by atoms with Crippen LogP contribution < -0.4 is 0 Å².